The van der Waals surface area contributed by atoms with Crippen LogP contribution in [-0.2, 0) is 24.7 Å². The Hall–Kier alpha value is -2.51. The maximum Gasteiger partial charge on any atom is 0.331 e. The molecule has 0 unspecified atom stereocenters. The Kier molecular flexibility index (Phi) is 3.93. The van der Waals surface area contributed by atoms with E-state index in [-0.39, 0.29) is 11.8 Å². The van der Waals surface area contributed by atoms with E-state index in [1.807, 2.05) is 23.6 Å². The number of carbonyl (C=O) groups excluding carboxylic acids is 3. The quantitative estimate of drug-likeness (QED) is 0.657. The fraction of sp³-hybridized carbons (Fsp3) is 0.316. The molecule has 1 aromatic carbocycles. The molecule has 3 heterocycles. The smallest absolute Gasteiger partial charge is 0.331 e. The second-order valence-electron chi connectivity index (χ2n) is 6.54. The maximum absolute atomic E-state index is 13.0. The predicted molar refractivity (Wildman–Crippen MR) is 95.1 cm³/mol. The molecule has 2 aliphatic rings. The highest BCUT2D eigenvalue weighted by Crippen LogP contribution is 2.53. The van der Waals surface area contributed by atoms with E-state index in [0.717, 1.165) is 9.78 Å². The van der Waals surface area contributed by atoms with Crippen LogP contribution in [-0.4, -0.2) is 36.8 Å². The Morgan fingerprint density at radius 2 is 1.88 bits per heavy atom. The zero-order chi connectivity index (χ0) is 18.5. The van der Waals surface area contributed by atoms with Gasteiger partial charge in [0.2, 0.25) is 11.8 Å². The number of nitrogens with zero attached hydrogens (tertiary/aromatic N) is 1. The summed E-state index contributed by atoms with van der Waals surface area (Å²) in [4.78, 5) is 40.9. The number of carbonyl (C=O) groups is 3. The third-order valence-electron chi connectivity index (χ3n) is 5.37. The Morgan fingerprint density at radius 3 is 2.50 bits per heavy atom. The maximum atomic E-state index is 13.0. The third kappa shape index (κ3) is 2.10. The van der Waals surface area contributed by atoms with Gasteiger partial charge in [-0.25, -0.2) is 4.79 Å². The number of rotatable bonds is 3. The van der Waals surface area contributed by atoms with Crippen LogP contribution in [0, 0.1) is 11.8 Å². The normalized spacial score (nSPS) is 30.5. The summed E-state index contributed by atoms with van der Waals surface area (Å²) in [5.74, 6) is -2.69. The van der Waals surface area contributed by atoms with Gasteiger partial charge in [-0.2, -0.15) is 0 Å². The number of thiophene rings is 1. The predicted octanol–water partition coefficient (Wildman–Crippen LogP) is 1.69. The largest absolute Gasteiger partial charge is 0.467 e. The first-order valence-electron chi connectivity index (χ1n) is 8.29. The molecular weight excluding hydrogens is 352 g/mol. The van der Waals surface area contributed by atoms with Gasteiger partial charge in [-0.15, -0.1) is 11.3 Å². The Bertz CT molecular complexity index is 867. The zero-order valence-electron chi connectivity index (χ0n) is 14.3. The number of hydrogen-bond donors (Lipinski definition) is 1. The molecule has 0 saturated carbocycles. The van der Waals surface area contributed by atoms with Crippen LogP contribution in [0.15, 0.2) is 47.8 Å². The van der Waals surface area contributed by atoms with Gasteiger partial charge in [0, 0.05) is 11.9 Å². The van der Waals surface area contributed by atoms with Crippen molar-refractivity contribution < 1.29 is 19.1 Å². The van der Waals surface area contributed by atoms with Crippen LogP contribution in [0.2, 0.25) is 0 Å². The lowest BCUT2D eigenvalue weighted by atomic mass is 9.75. The molecule has 26 heavy (non-hydrogen) atoms. The minimum absolute atomic E-state index is 0.271. The van der Waals surface area contributed by atoms with E-state index in [1.165, 1.54) is 25.5 Å². The summed E-state index contributed by atoms with van der Waals surface area (Å²) >= 11 is 1.49. The number of imide groups is 1. The Morgan fingerprint density at radius 1 is 1.15 bits per heavy atom. The van der Waals surface area contributed by atoms with E-state index in [0.29, 0.717) is 5.56 Å². The van der Waals surface area contributed by atoms with Gasteiger partial charge in [-0.3, -0.25) is 19.8 Å². The Balaban J connectivity index is 1.95. The van der Waals surface area contributed by atoms with E-state index in [4.69, 9.17) is 4.74 Å². The first kappa shape index (κ1) is 16.9. The summed E-state index contributed by atoms with van der Waals surface area (Å²) in [6.45, 7) is 0. The van der Waals surface area contributed by atoms with E-state index >= 15 is 0 Å². The molecule has 2 fully saturated rings. The number of ether oxygens (including phenoxy) is 1. The number of benzene rings is 1. The van der Waals surface area contributed by atoms with Crippen molar-refractivity contribution in [3.05, 3.63) is 58.3 Å². The average molecular weight is 370 g/mol. The molecule has 6 nitrogen and oxygen atoms in total. The third-order valence-corrected chi connectivity index (χ3v) is 6.32. The molecule has 1 aromatic heterocycles. The van der Waals surface area contributed by atoms with Crippen molar-refractivity contribution in [3.8, 4) is 0 Å². The molecule has 4 atom stereocenters. The van der Waals surface area contributed by atoms with Gasteiger partial charge >= 0.3 is 5.97 Å². The van der Waals surface area contributed by atoms with E-state index < -0.39 is 29.4 Å². The van der Waals surface area contributed by atoms with Crippen LogP contribution in [0.1, 0.15) is 16.5 Å². The van der Waals surface area contributed by atoms with Crippen molar-refractivity contribution in [1.29, 1.82) is 0 Å². The Labute approximate surface area is 154 Å². The molecule has 0 bridgehead atoms. The molecule has 2 amide bonds. The minimum atomic E-state index is -1.40. The summed E-state index contributed by atoms with van der Waals surface area (Å²) < 4.78 is 5.10. The van der Waals surface area contributed by atoms with Crippen molar-refractivity contribution in [2.45, 2.75) is 11.6 Å². The summed E-state index contributed by atoms with van der Waals surface area (Å²) in [5.41, 5.74) is -0.773. The molecule has 0 radical (unpaired) electrons. The number of methoxy groups -OCH3 is 1. The van der Waals surface area contributed by atoms with Crippen molar-refractivity contribution >= 4 is 29.1 Å². The van der Waals surface area contributed by atoms with Gasteiger partial charge in [0.25, 0.3) is 0 Å². The van der Waals surface area contributed by atoms with Crippen LogP contribution in [0.5, 0.6) is 0 Å². The molecule has 0 spiro atoms. The highest BCUT2D eigenvalue weighted by molar-refractivity contribution is 7.10. The monoisotopic (exact) mass is 370 g/mol. The van der Waals surface area contributed by atoms with Gasteiger partial charge in [-0.1, -0.05) is 36.4 Å². The molecule has 2 saturated heterocycles. The number of likely N-dealkylation sites (tertiary alicyclic amines) is 1. The first-order chi connectivity index (χ1) is 12.5. The van der Waals surface area contributed by atoms with E-state index in [2.05, 4.69) is 5.32 Å². The lowest BCUT2D eigenvalue weighted by molar-refractivity contribution is -0.154. The number of hydrogen-bond acceptors (Lipinski definition) is 6. The van der Waals surface area contributed by atoms with E-state index in [9.17, 15) is 14.4 Å². The van der Waals surface area contributed by atoms with Gasteiger partial charge in [-0.05, 0) is 17.0 Å². The van der Waals surface area contributed by atoms with Crippen LogP contribution in [0.4, 0.5) is 0 Å². The number of esters is 1. The highest BCUT2D eigenvalue weighted by atomic mass is 32.1. The van der Waals surface area contributed by atoms with Crippen molar-refractivity contribution in [2.24, 2.45) is 11.8 Å². The summed E-state index contributed by atoms with van der Waals surface area (Å²) in [5, 5.41) is 5.24. The molecule has 1 N–H and O–H groups in total. The fourth-order valence-corrected chi connectivity index (χ4v) is 5.02. The average Bonchev–Trinajstić information content (AvgIpc) is 3.36. The fourth-order valence-electron chi connectivity index (χ4n) is 4.20. The number of fused-ring (bicyclic) bond motifs is 1. The van der Waals surface area contributed by atoms with Crippen LogP contribution >= 0.6 is 11.3 Å². The zero-order valence-corrected chi connectivity index (χ0v) is 15.2. The summed E-state index contributed by atoms with van der Waals surface area (Å²) in [6, 6.07) is 12.4. The number of amides is 2. The highest BCUT2D eigenvalue weighted by Gasteiger charge is 2.69. The van der Waals surface area contributed by atoms with Crippen molar-refractivity contribution in [3.63, 3.8) is 0 Å². The molecule has 4 rings (SSSR count). The van der Waals surface area contributed by atoms with E-state index in [1.54, 1.807) is 24.3 Å². The lowest BCUT2D eigenvalue weighted by Crippen LogP contribution is -2.53. The molecular formula is C19H18N2O4S. The van der Waals surface area contributed by atoms with Crippen molar-refractivity contribution in [1.82, 2.24) is 10.2 Å². The molecule has 0 aliphatic carbocycles. The first-order valence-corrected chi connectivity index (χ1v) is 9.16. The lowest BCUT2D eigenvalue weighted by Gasteiger charge is -2.32. The second-order valence-corrected chi connectivity index (χ2v) is 7.52. The molecule has 134 valence electrons. The van der Waals surface area contributed by atoms with Gasteiger partial charge in [0.05, 0.1) is 25.0 Å². The SMILES string of the molecule is COC(=O)[C@]1(c2ccccc2)N[C@@H](c2cccs2)[C@@H]2C(=O)N(C)C(=O)[C@H]21. The van der Waals surface area contributed by atoms with Gasteiger partial charge in [0.15, 0.2) is 5.54 Å². The van der Waals surface area contributed by atoms with Crippen LogP contribution < -0.4 is 5.32 Å². The minimum Gasteiger partial charge on any atom is -0.467 e. The topological polar surface area (TPSA) is 75.7 Å². The van der Waals surface area contributed by atoms with Crippen LogP contribution in [0.3, 0.4) is 0 Å². The second kappa shape index (κ2) is 6.03. The van der Waals surface area contributed by atoms with Gasteiger partial charge < -0.3 is 4.74 Å². The molecule has 2 aliphatic heterocycles. The summed E-state index contributed by atoms with van der Waals surface area (Å²) in [6.07, 6.45) is 0. The molecule has 7 heteroatoms. The van der Waals surface area contributed by atoms with Crippen LogP contribution in [0.25, 0.3) is 0 Å². The van der Waals surface area contributed by atoms with Gasteiger partial charge in [0.1, 0.15) is 0 Å². The summed E-state index contributed by atoms with van der Waals surface area (Å²) in [7, 11) is 2.77. The van der Waals surface area contributed by atoms with Crippen molar-refractivity contribution in [2.75, 3.05) is 14.2 Å². The molecule has 2 aromatic rings. The standard InChI is InChI=1S/C19H18N2O4S/c1-21-16(22)13-14(17(21)23)19(18(24)25-2,11-7-4-3-5-8-11)20-15(13)12-9-6-10-26-12/h3-10,13-15,20H,1-2H3/t13-,14+,15+,19-/m1/s1. The number of nitrogens with one attached hydrogen (secondary N) is 1.